The molecule has 0 bridgehead atoms. The Morgan fingerprint density at radius 3 is 2.42 bits per heavy atom. The molecule has 0 saturated carbocycles. The monoisotopic (exact) mass is 339 g/mol. The molecule has 0 aliphatic heterocycles. The summed E-state index contributed by atoms with van der Waals surface area (Å²) in [5, 5.41) is 7.82. The summed E-state index contributed by atoms with van der Waals surface area (Å²) >= 11 is 5.84. The Kier molecular flexibility index (Phi) is 5.29. The van der Waals surface area contributed by atoms with Gasteiger partial charge in [-0.25, -0.2) is 4.68 Å². The van der Waals surface area contributed by atoms with Crippen molar-refractivity contribution in [1.29, 1.82) is 0 Å². The second kappa shape index (κ2) is 7.79. The summed E-state index contributed by atoms with van der Waals surface area (Å²) in [5.74, 6) is 0.0190. The van der Waals surface area contributed by atoms with Crippen LogP contribution in [0.25, 0.3) is 5.69 Å². The minimum absolute atomic E-state index is 0.0190. The summed E-state index contributed by atoms with van der Waals surface area (Å²) in [5.41, 5.74) is 3.16. The van der Waals surface area contributed by atoms with Crippen LogP contribution in [-0.4, -0.2) is 22.2 Å². The predicted molar refractivity (Wildman–Crippen MR) is 95.4 cm³/mol. The Morgan fingerprint density at radius 2 is 1.75 bits per heavy atom. The standard InChI is InChI=1S/C19H18ClN3O/c20-17-6-2-16(3-7-17)14-19(24)21-12-10-15-4-8-18(9-5-15)23-13-1-11-22-23/h1-9,11,13H,10,12,14H2,(H,21,24). The van der Waals surface area contributed by atoms with Gasteiger partial charge in [-0.1, -0.05) is 35.9 Å². The van der Waals surface area contributed by atoms with E-state index in [1.807, 2.05) is 41.2 Å². The van der Waals surface area contributed by atoms with Gasteiger partial charge in [0.25, 0.3) is 0 Å². The zero-order chi connectivity index (χ0) is 16.8. The lowest BCUT2D eigenvalue weighted by atomic mass is 10.1. The summed E-state index contributed by atoms with van der Waals surface area (Å²) in [4.78, 5) is 11.9. The normalized spacial score (nSPS) is 10.5. The zero-order valence-electron chi connectivity index (χ0n) is 13.2. The van der Waals surface area contributed by atoms with Crippen molar-refractivity contribution in [1.82, 2.24) is 15.1 Å². The van der Waals surface area contributed by atoms with E-state index in [1.165, 1.54) is 5.56 Å². The Hall–Kier alpha value is -2.59. The molecule has 3 rings (SSSR count). The van der Waals surface area contributed by atoms with Crippen LogP contribution in [0.5, 0.6) is 0 Å². The molecule has 1 amide bonds. The highest BCUT2D eigenvalue weighted by Gasteiger charge is 2.03. The molecule has 4 nitrogen and oxygen atoms in total. The molecule has 1 N–H and O–H groups in total. The van der Waals surface area contributed by atoms with Crippen LogP contribution in [0.1, 0.15) is 11.1 Å². The molecule has 24 heavy (non-hydrogen) atoms. The maximum absolute atomic E-state index is 11.9. The van der Waals surface area contributed by atoms with Crippen LogP contribution in [0.4, 0.5) is 0 Å². The lowest BCUT2D eigenvalue weighted by Crippen LogP contribution is -2.27. The summed E-state index contributed by atoms with van der Waals surface area (Å²) in [6.07, 6.45) is 4.83. The van der Waals surface area contributed by atoms with Crippen molar-refractivity contribution in [3.8, 4) is 5.69 Å². The van der Waals surface area contributed by atoms with E-state index in [0.717, 1.165) is 17.7 Å². The fourth-order valence-electron chi connectivity index (χ4n) is 2.43. The first-order chi connectivity index (χ1) is 11.7. The fraction of sp³-hybridized carbons (Fsp3) is 0.158. The molecule has 0 aliphatic carbocycles. The van der Waals surface area contributed by atoms with Gasteiger partial charge in [-0.05, 0) is 47.9 Å². The maximum Gasteiger partial charge on any atom is 0.224 e. The first kappa shape index (κ1) is 16.3. The van der Waals surface area contributed by atoms with Gasteiger partial charge < -0.3 is 5.32 Å². The van der Waals surface area contributed by atoms with Gasteiger partial charge in [0.2, 0.25) is 5.91 Å². The summed E-state index contributed by atoms with van der Waals surface area (Å²) < 4.78 is 1.82. The molecule has 2 aromatic carbocycles. The first-order valence-corrected chi connectivity index (χ1v) is 8.18. The quantitative estimate of drug-likeness (QED) is 0.748. The van der Waals surface area contributed by atoms with E-state index in [0.29, 0.717) is 18.0 Å². The van der Waals surface area contributed by atoms with Gasteiger partial charge in [0, 0.05) is 24.0 Å². The lowest BCUT2D eigenvalue weighted by molar-refractivity contribution is -0.120. The van der Waals surface area contributed by atoms with E-state index in [-0.39, 0.29) is 5.91 Å². The predicted octanol–water partition coefficient (Wildman–Crippen LogP) is 3.43. The largest absolute Gasteiger partial charge is 0.355 e. The van der Waals surface area contributed by atoms with Gasteiger partial charge >= 0.3 is 0 Å². The second-order valence-corrected chi connectivity index (χ2v) is 5.96. The number of rotatable bonds is 6. The molecule has 0 saturated heterocycles. The lowest BCUT2D eigenvalue weighted by Gasteiger charge is -2.07. The topological polar surface area (TPSA) is 46.9 Å². The molecule has 0 radical (unpaired) electrons. The van der Waals surface area contributed by atoms with Crippen molar-refractivity contribution in [2.24, 2.45) is 0 Å². The Balaban J connectivity index is 1.46. The Bertz CT molecular complexity index is 780. The van der Waals surface area contributed by atoms with Gasteiger partial charge in [-0.3, -0.25) is 4.79 Å². The van der Waals surface area contributed by atoms with E-state index in [2.05, 4.69) is 22.5 Å². The molecule has 3 aromatic rings. The number of nitrogens with zero attached hydrogens (tertiary/aromatic N) is 2. The highest BCUT2D eigenvalue weighted by Crippen LogP contribution is 2.10. The van der Waals surface area contributed by atoms with Crippen LogP contribution in [0.2, 0.25) is 5.02 Å². The molecular weight excluding hydrogens is 322 g/mol. The van der Waals surface area contributed by atoms with E-state index in [9.17, 15) is 4.79 Å². The SMILES string of the molecule is O=C(Cc1ccc(Cl)cc1)NCCc1ccc(-n2cccn2)cc1. The number of benzene rings is 2. The number of hydrogen-bond acceptors (Lipinski definition) is 2. The molecule has 0 unspecified atom stereocenters. The van der Waals surface area contributed by atoms with E-state index in [1.54, 1.807) is 18.3 Å². The number of amides is 1. The molecule has 0 fully saturated rings. The van der Waals surface area contributed by atoms with E-state index < -0.39 is 0 Å². The molecule has 122 valence electrons. The molecule has 1 heterocycles. The number of halogens is 1. The van der Waals surface area contributed by atoms with Crippen molar-refractivity contribution in [3.05, 3.63) is 83.1 Å². The molecule has 1 aromatic heterocycles. The number of nitrogens with one attached hydrogen (secondary N) is 1. The fourth-order valence-corrected chi connectivity index (χ4v) is 2.56. The third kappa shape index (κ3) is 4.46. The van der Waals surface area contributed by atoms with Gasteiger partial charge in [-0.15, -0.1) is 0 Å². The van der Waals surface area contributed by atoms with Crippen LogP contribution < -0.4 is 5.32 Å². The van der Waals surface area contributed by atoms with Crippen molar-refractivity contribution in [2.45, 2.75) is 12.8 Å². The van der Waals surface area contributed by atoms with Crippen molar-refractivity contribution in [3.63, 3.8) is 0 Å². The Morgan fingerprint density at radius 1 is 1.04 bits per heavy atom. The second-order valence-electron chi connectivity index (χ2n) is 5.52. The van der Waals surface area contributed by atoms with E-state index in [4.69, 9.17) is 11.6 Å². The van der Waals surface area contributed by atoms with Crippen molar-refractivity contribution < 1.29 is 4.79 Å². The summed E-state index contributed by atoms with van der Waals surface area (Å²) in [7, 11) is 0. The van der Waals surface area contributed by atoms with Crippen molar-refractivity contribution in [2.75, 3.05) is 6.54 Å². The number of aromatic nitrogens is 2. The number of carbonyl (C=O) groups excluding carboxylic acids is 1. The van der Waals surface area contributed by atoms with Crippen LogP contribution >= 0.6 is 11.6 Å². The zero-order valence-corrected chi connectivity index (χ0v) is 13.9. The molecule has 0 spiro atoms. The van der Waals surface area contributed by atoms with Gasteiger partial charge in [0.1, 0.15) is 0 Å². The van der Waals surface area contributed by atoms with Crippen LogP contribution in [0, 0.1) is 0 Å². The van der Waals surface area contributed by atoms with Crippen LogP contribution in [0.15, 0.2) is 67.0 Å². The van der Waals surface area contributed by atoms with Crippen LogP contribution in [-0.2, 0) is 17.6 Å². The van der Waals surface area contributed by atoms with E-state index >= 15 is 0 Å². The van der Waals surface area contributed by atoms with Gasteiger partial charge in [0.15, 0.2) is 0 Å². The van der Waals surface area contributed by atoms with Gasteiger partial charge in [0.05, 0.1) is 12.1 Å². The molecule has 5 heteroatoms. The molecular formula is C19H18ClN3O. The number of carbonyl (C=O) groups is 1. The summed E-state index contributed by atoms with van der Waals surface area (Å²) in [6, 6.07) is 17.4. The highest BCUT2D eigenvalue weighted by atomic mass is 35.5. The maximum atomic E-state index is 11.9. The van der Waals surface area contributed by atoms with Crippen LogP contribution in [0.3, 0.4) is 0 Å². The number of hydrogen-bond donors (Lipinski definition) is 1. The Labute approximate surface area is 146 Å². The average Bonchev–Trinajstić information content (AvgIpc) is 3.12. The summed E-state index contributed by atoms with van der Waals surface area (Å²) in [6.45, 7) is 0.619. The molecule has 0 aliphatic rings. The smallest absolute Gasteiger partial charge is 0.224 e. The first-order valence-electron chi connectivity index (χ1n) is 7.81. The third-order valence-electron chi connectivity index (χ3n) is 3.72. The third-order valence-corrected chi connectivity index (χ3v) is 3.97. The van der Waals surface area contributed by atoms with Crippen molar-refractivity contribution >= 4 is 17.5 Å². The molecule has 0 atom stereocenters. The minimum atomic E-state index is 0.0190. The van der Waals surface area contributed by atoms with Gasteiger partial charge in [-0.2, -0.15) is 5.10 Å². The highest BCUT2D eigenvalue weighted by molar-refractivity contribution is 6.30. The minimum Gasteiger partial charge on any atom is -0.355 e. The average molecular weight is 340 g/mol.